The Kier molecular flexibility index (Phi) is 9.51. The Morgan fingerprint density at radius 3 is 2.11 bits per heavy atom. The summed E-state index contributed by atoms with van der Waals surface area (Å²) in [5, 5.41) is 5.32. The summed E-state index contributed by atoms with van der Waals surface area (Å²) >= 11 is 0. The molecule has 6 nitrogen and oxygen atoms in total. The van der Waals surface area contributed by atoms with Crippen LogP contribution in [0.5, 0.6) is 0 Å². The second kappa shape index (κ2) is 13.0. The Balaban J connectivity index is 1.80. The average Bonchev–Trinajstić information content (AvgIpc) is 2.88. The highest BCUT2D eigenvalue weighted by molar-refractivity contribution is 6.06. The first-order valence-corrected chi connectivity index (χ1v) is 11.7. The van der Waals surface area contributed by atoms with Gasteiger partial charge >= 0.3 is 5.97 Å². The molecule has 0 fully saturated rings. The van der Waals surface area contributed by atoms with Crippen LogP contribution in [0.2, 0.25) is 0 Å². The van der Waals surface area contributed by atoms with Crippen molar-refractivity contribution in [2.75, 3.05) is 0 Å². The Morgan fingerprint density at radius 1 is 0.889 bits per heavy atom. The minimum absolute atomic E-state index is 0.0765. The first kappa shape index (κ1) is 26.3. The number of halogens is 1. The fourth-order valence-electron chi connectivity index (χ4n) is 3.42. The Hall–Kier alpha value is -4.26. The zero-order chi connectivity index (χ0) is 25.9. The van der Waals surface area contributed by atoms with E-state index in [1.807, 2.05) is 44.2 Å². The van der Waals surface area contributed by atoms with Crippen LogP contribution in [0.4, 0.5) is 4.39 Å². The van der Waals surface area contributed by atoms with E-state index in [1.54, 1.807) is 30.3 Å². The molecule has 36 heavy (non-hydrogen) atoms. The van der Waals surface area contributed by atoms with Gasteiger partial charge in [-0.2, -0.15) is 0 Å². The number of amides is 2. The molecule has 0 spiro atoms. The number of ether oxygens (including phenoxy) is 1. The highest BCUT2D eigenvalue weighted by Gasteiger charge is 2.26. The zero-order valence-electron chi connectivity index (χ0n) is 20.2. The smallest absolute Gasteiger partial charge is 0.328 e. The van der Waals surface area contributed by atoms with Gasteiger partial charge in [-0.15, -0.1) is 0 Å². The van der Waals surface area contributed by atoms with Gasteiger partial charge in [0.25, 0.3) is 11.8 Å². The lowest BCUT2D eigenvalue weighted by atomic mass is 10.0. The van der Waals surface area contributed by atoms with Crippen LogP contribution in [0.3, 0.4) is 0 Å². The third-order valence-corrected chi connectivity index (χ3v) is 5.23. The van der Waals surface area contributed by atoms with Crippen molar-refractivity contribution < 1.29 is 23.5 Å². The lowest BCUT2D eigenvalue weighted by molar-refractivity contribution is -0.149. The highest BCUT2D eigenvalue weighted by Crippen LogP contribution is 2.12. The van der Waals surface area contributed by atoms with Gasteiger partial charge in [0.1, 0.15) is 24.2 Å². The molecule has 0 bridgehead atoms. The Morgan fingerprint density at radius 2 is 1.50 bits per heavy atom. The molecule has 0 aliphatic heterocycles. The number of esters is 1. The monoisotopic (exact) mass is 488 g/mol. The summed E-state index contributed by atoms with van der Waals surface area (Å²) in [6, 6.07) is 22.2. The summed E-state index contributed by atoms with van der Waals surface area (Å²) in [4.78, 5) is 38.9. The highest BCUT2D eigenvalue weighted by atomic mass is 19.1. The predicted molar refractivity (Wildman–Crippen MR) is 136 cm³/mol. The molecule has 186 valence electrons. The zero-order valence-corrected chi connectivity index (χ0v) is 20.2. The molecule has 2 N–H and O–H groups in total. The van der Waals surface area contributed by atoms with Gasteiger partial charge in [-0.3, -0.25) is 9.59 Å². The number of hydrogen-bond acceptors (Lipinski definition) is 4. The van der Waals surface area contributed by atoms with E-state index in [1.165, 1.54) is 30.3 Å². The quantitative estimate of drug-likeness (QED) is 0.315. The van der Waals surface area contributed by atoms with Crippen molar-refractivity contribution in [2.45, 2.75) is 32.9 Å². The minimum Gasteiger partial charge on any atom is -0.459 e. The Labute approximate surface area is 210 Å². The summed E-state index contributed by atoms with van der Waals surface area (Å²) in [5.74, 6) is -2.07. The molecule has 0 saturated carbocycles. The summed E-state index contributed by atoms with van der Waals surface area (Å²) in [7, 11) is 0. The first-order chi connectivity index (χ1) is 17.3. The van der Waals surface area contributed by atoms with E-state index in [9.17, 15) is 18.8 Å². The van der Waals surface area contributed by atoms with Crippen molar-refractivity contribution >= 4 is 23.9 Å². The van der Waals surface area contributed by atoms with Crippen molar-refractivity contribution in [1.82, 2.24) is 10.6 Å². The van der Waals surface area contributed by atoms with Crippen molar-refractivity contribution in [1.29, 1.82) is 0 Å². The summed E-state index contributed by atoms with van der Waals surface area (Å²) in [6.45, 7) is 3.93. The number of rotatable bonds is 10. The van der Waals surface area contributed by atoms with E-state index in [2.05, 4.69) is 10.6 Å². The van der Waals surface area contributed by atoms with Crippen LogP contribution < -0.4 is 10.6 Å². The number of carbonyl (C=O) groups is 3. The van der Waals surface area contributed by atoms with Crippen LogP contribution in [0.1, 0.15) is 41.8 Å². The molecule has 0 aliphatic rings. The molecular formula is C29H29FN2O4. The molecule has 0 radical (unpaired) electrons. The SMILES string of the molecule is CC(C)CC(NC(=O)/C(=C\c1ccc(F)cc1)NC(=O)c1ccccc1)C(=O)OCc1ccccc1. The van der Waals surface area contributed by atoms with Gasteiger partial charge in [0.15, 0.2) is 0 Å². The number of benzene rings is 3. The normalized spacial score (nSPS) is 12.1. The minimum atomic E-state index is -0.925. The maximum Gasteiger partial charge on any atom is 0.328 e. The largest absolute Gasteiger partial charge is 0.459 e. The van der Waals surface area contributed by atoms with Gasteiger partial charge < -0.3 is 15.4 Å². The molecule has 2 amide bonds. The van der Waals surface area contributed by atoms with Crippen LogP contribution in [-0.2, 0) is 20.9 Å². The van der Waals surface area contributed by atoms with Crippen LogP contribution in [-0.4, -0.2) is 23.8 Å². The molecule has 3 aromatic rings. The average molecular weight is 489 g/mol. The second-order valence-corrected chi connectivity index (χ2v) is 8.68. The summed E-state index contributed by atoms with van der Waals surface area (Å²) in [6.07, 6.45) is 1.77. The van der Waals surface area contributed by atoms with E-state index in [-0.39, 0.29) is 18.2 Å². The van der Waals surface area contributed by atoms with Gasteiger partial charge in [-0.1, -0.05) is 74.5 Å². The van der Waals surface area contributed by atoms with E-state index >= 15 is 0 Å². The van der Waals surface area contributed by atoms with Gasteiger partial charge in [0.05, 0.1) is 0 Å². The van der Waals surface area contributed by atoms with Gasteiger partial charge in [0.2, 0.25) is 0 Å². The van der Waals surface area contributed by atoms with Crippen molar-refractivity contribution in [3.8, 4) is 0 Å². The van der Waals surface area contributed by atoms with Crippen molar-refractivity contribution in [3.63, 3.8) is 0 Å². The third-order valence-electron chi connectivity index (χ3n) is 5.23. The molecule has 1 unspecified atom stereocenters. The molecule has 3 aromatic carbocycles. The van der Waals surface area contributed by atoms with Gasteiger partial charge in [-0.25, -0.2) is 9.18 Å². The molecule has 3 rings (SSSR count). The van der Waals surface area contributed by atoms with Crippen LogP contribution >= 0.6 is 0 Å². The van der Waals surface area contributed by atoms with Gasteiger partial charge in [-0.05, 0) is 53.8 Å². The van der Waals surface area contributed by atoms with Crippen LogP contribution in [0.25, 0.3) is 6.08 Å². The maximum atomic E-state index is 13.4. The fraction of sp³-hybridized carbons (Fsp3) is 0.207. The van der Waals surface area contributed by atoms with E-state index < -0.39 is 29.6 Å². The molecule has 1 atom stereocenters. The number of hydrogen-bond donors (Lipinski definition) is 2. The Bertz CT molecular complexity index is 1190. The number of nitrogens with one attached hydrogen (secondary N) is 2. The van der Waals surface area contributed by atoms with E-state index in [4.69, 9.17) is 4.74 Å². The first-order valence-electron chi connectivity index (χ1n) is 11.7. The summed E-state index contributed by atoms with van der Waals surface area (Å²) in [5.41, 5.74) is 1.60. The van der Waals surface area contributed by atoms with Crippen LogP contribution in [0, 0.1) is 11.7 Å². The van der Waals surface area contributed by atoms with Crippen molar-refractivity contribution in [2.24, 2.45) is 5.92 Å². The molecular weight excluding hydrogens is 459 g/mol. The molecule has 0 aromatic heterocycles. The predicted octanol–water partition coefficient (Wildman–Crippen LogP) is 4.87. The van der Waals surface area contributed by atoms with Gasteiger partial charge in [0, 0.05) is 5.56 Å². The number of carbonyl (C=O) groups excluding carboxylic acids is 3. The summed E-state index contributed by atoms with van der Waals surface area (Å²) < 4.78 is 18.8. The molecule has 0 saturated heterocycles. The molecule has 0 aliphatic carbocycles. The fourth-order valence-corrected chi connectivity index (χ4v) is 3.42. The van der Waals surface area contributed by atoms with E-state index in [0.29, 0.717) is 17.5 Å². The molecule has 0 heterocycles. The molecule has 7 heteroatoms. The van der Waals surface area contributed by atoms with Crippen molar-refractivity contribution in [3.05, 3.63) is 113 Å². The standard InChI is InChI=1S/C29H29FN2O4/c1-20(2)17-26(29(35)36-19-22-9-5-3-6-10-22)32-28(34)25(18-21-13-15-24(30)16-14-21)31-27(33)23-11-7-4-8-12-23/h3-16,18,20,26H,17,19H2,1-2H3,(H,31,33)(H,32,34)/b25-18+. The second-order valence-electron chi connectivity index (χ2n) is 8.68. The van der Waals surface area contributed by atoms with E-state index in [0.717, 1.165) is 5.56 Å². The lowest BCUT2D eigenvalue weighted by Crippen LogP contribution is -2.45. The maximum absolute atomic E-state index is 13.4. The van der Waals surface area contributed by atoms with Crippen LogP contribution in [0.15, 0.2) is 90.6 Å². The lowest BCUT2D eigenvalue weighted by Gasteiger charge is -2.20. The topological polar surface area (TPSA) is 84.5 Å². The third kappa shape index (κ3) is 8.20.